The minimum absolute atomic E-state index is 0.131. The Morgan fingerprint density at radius 1 is 1.41 bits per heavy atom. The van der Waals surface area contributed by atoms with Crippen LogP contribution in [0.15, 0.2) is 24.3 Å². The van der Waals surface area contributed by atoms with Gasteiger partial charge in [0.25, 0.3) is 0 Å². The molecule has 1 saturated heterocycles. The minimum Gasteiger partial charge on any atom is -0.508 e. The van der Waals surface area contributed by atoms with Crippen LogP contribution in [0.4, 0.5) is 0 Å². The van der Waals surface area contributed by atoms with Gasteiger partial charge in [-0.25, -0.2) is 0 Å². The van der Waals surface area contributed by atoms with E-state index in [9.17, 15) is 0 Å². The van der Waals surface area contributed by atoms with E-state index in [4.69, 9.17) is 14.6 Å². The quantitative estimate of drug-likeness (QED) is 0.867. The molecule has 1 unspecified atom stereocenters. The fraction of sp³-hybridized carbons (Fsp3) is 0.538. The van der Waals surface area contributed by atoms with Crippen molar-refractivity contribution in [2.24, 2.45) is 0 Å². The summed E-state index contributed by atoms with van der Waals surface area (Å²) in [4.78, 5) is 2.27. The van der Waals surface area contributed by atoms with Crippen LogP contribution in [0.25, 0.3) is 0 Å². The molecule has 1 aromatic carbocycles. The molecule has 4 nitrogen and oxygen atoms in total. The topological polar surface area (TPSA) is 41.9 Å². The Morgan fingerprint density at radius 2 is 2.12 bits per heavy atom. The molecule has 0 spiro atoms. The lowest BCUT2D eigenvalue weighted by atomic mass is 10.3. The van der Waals surface area contributed by atoms with Gasteiger partial charge in [-0.3, -0.25) is 4.90 Å². The summed E-state index contributed by atoms with van der Waals surface area (Å²) in [6, 6.07) is 7.25. The summed E-state index contributed by atoms with van der Waals surface area (Å²) < 4.78 is 11.2. The van der Waals surface area contributed by atoms with E-state index in [-0.39, 0.29) is 11.9 Å². The van der Waals surface area contributed by atoms with Gasteiger partial charge in [-0.15, -0.1) is 0 Å². The molecule has 1 aliphatic rings. The Bertz CT molecular complexity index is 350. The molecule has 1 fully saturated rings. The smallest absolute Gasteiger partial charge is 0.119 e. The SMILES string of the molecule is CC(C)N1COC(COc2ccc(O)cc2)C1. The molecule has 1 aliphatic heterocycles. The fourth-order valence-electron chi connectivity index (χ4n) is 1.76. The lowest BCUT2D eigenvalue weighted by molar-refractivity contribution is 0.0550. The summed E-state index contributed by atoms with van der Waals surface area (Å²) in [6.07, 6.45) is 0.131. The predicted molar refractivity (Wildman–Crippen MR) is 65.2 cm³/mol. The van der Waals surface area contributed by atoms with Crippen molar-refractivity contribution in [2.75, 3.05) is 19.9 Å². The molecule has 94 valence electrons. The average molecular weight is 237 g/mol. The predicted octanol–water partition coefficient (Wildman–Crippen LogP) is 1.84. The normalized spacial score (nSPS) is 21.0. The lowest BCUT2D eigenvalue weighted by Gasteiger charge is -2.17. The number of nitrogens with zero attached hydrogens (tertiary/aromatic N) is 1. The van der Waals surface area contributed by atoms with Crippen molar-refractivity contribution in [1.29, 1.82) is 0 Å². The number of phenols is 1. The first kappa shape index (κ1) is 12.2. The Balaban J connectivity index is 1.78. The first-order chi connectivity index (χ1) is 8.15. The van der Waals surface area contributed by atoms with E-state index in [1.807, 2.05) is 0 Å². The van der Waals surface area contributed by atoms with Gasteiger partial charge in [-0.05, 0) is 38.1 Å². The zero-order valence-corrected chi connectivity index (χ0v) is 10.3. The Labute approximate surface area is 102 Å². The van der Waals surface area contributed by atoms with Crippen LogP contribution in [0.5, 0.6) is 11.5 Å². The van der Waals surface area contributed by atoms with Crippen LogP contribution >= 0.6 is 0 Å². The third-order valence-electron chi connectivity index (χ3n) is 2.92. The van der Waals surface area contributed by atoms with Gasteiger partial charge in [0.1, 0.15) is 24.2 Å². The summed E-state index contributed by atoms with van der Waals surface area (Å²) in [5.74, 6) is 1.01. The largest absolute Gasteiger partial charge is 0.508 e. The molecule has 2 rings (SSSR count). The molecule has 17 heavy (non-hydrogen) atoms. The Hall–Kier alpha value is -1.26. The number of aromatic hydroxyl groups is 1. The highest BCUT2D eigenvalue weighted by Gasteiger charge is 2.25. The molecule has 4 heteroatoms. The number of hydrogen-bond donors (Lipinski definition) is 1. The third kappa shape index (κ3) is 3.35. The summed E-state index contributed by atoms with van der Waals surface area (Å²) in [5.41, 5.74) is 0. The second-order valence-corrected chi connectivity index (χ2v) is 4.59. The zero-order chi connectivity index (χ0) is 12.3. The second kappa shape index (κ2) is 5.38. The van der Waals surface area contributed by atoms with Crippen LogP contribution in [-0.4, -0.2) is 42.0 Å². The van der Waals surface area contributed by atoms with E-state index >= 15 is 0 Å². The summed E-state index contributed by atoms with van der Waals surface area (Å²) >= 11 is 0. The van der Waals surface area contributed by atoms with Crippen LogP contribution in [0.3, 0.4) is 0 Å². The number of hydrogen-bond acceptors (Lipinski definition) is 4. The van der Waals surface area contributed by atoms with Gasteiger partial charge in [0.05, 0.1) is 6.73 Å². The van der Waals surface area contributed by atoms with Crippen molar-refractivity contribution in [1.82, 2.24) is 4.90 Å². The molecule has 0 saturated carbocycles. The van der Waals surface area contributed by atoms with E-state index in [2.05, 4.69) is 18.7 Å². The van der Waals surface area contributed by atoms with Gasteiger partial charge in [0.15, 0.2) is 0 Å². The highest BCUT2D eigenvalue weighted by Crippen LogP contribution is 2.17. The zero-order valence-electron chi connectivity index (χ0n) is 10.3. The Kier molecular flexibility index (Phi) is 3.86. The first-order valence-electron chi connectivity index (χ1n) is 5.92. The van der Waals surface area contributed by atoms with E-state index in [0.29, 0.717) is 19.4 Å². The highest BCUT2D eigenvalue weighted by atomic mass is 16.5. The molecule has 0 radical (unpaired) electrons. The van der Waals surface area contributed by atoms with Gasteiger partial charge in [-0.1, -0.05) is 0 Å². The summed E-state index contributed by atoms with van der Waals surface area (Å²) in [5, 5.41) is 9.15. The van der Waals surface area contributed by atoms with E-state index < -0.39 is 0 Å². The van der Waals surface area contributed by atoms with Gasteiger partial charge < -0.3 is 14.6 Å². The standard InChI is InChI=1S/C13H19NO3/c1-10(2)14-7-13(17-9-14)8-16-12-5-3-11(15)4-6-12/h3-6,10,13,15H,7-9H2,1-2H3. The van der Waals surface area contributed by atoms with Gasteiger partial charge in [0, 0.05) is 12.6 Å². The van der Waals surface area contributed by atoms with Gasteiger partial charge >= 0.3 is 0 Å². The molecule has 0 aliphatic carbocycles. The molecule has 0 aromatic heterocycles. The van der Waals surface area contributed by atoms with Crippen LogP contribution in [-0.2, 0) is 4.74 Å². The summed E-state index contributed by atoms with van der Waals surface area (Å²) in [7, 11) is 0. The maximum Gasteiger partial charge on any atom is 0.119 e. The maximum absolute atomic E-state index is 9.15. The first-order valence-corrected chi connectivity index (χ1v) is 5.92. The van der Waals surface area contributed by atoms with Crippen molar-refractivity contribution >= 4 is 0 Å². The molecular weight excluding hydrogens is 218 g/mol. The average Bonchev–Trinajstić information content (AvgIpc) is 2.77. The molecule has 1 atom stereocenters. The number of phenolic OH excluding ortho intramolecular Hbond substituents is 1. The number of benzene rings is 1. The number of rotatable bonds is 4. The molecule has 1 N–H and O–H groups in total. The number of ether oxygens (including phenoxy) is 2. The molecule has 1 aromatic rings. The monoisotopic (exact) mass is 237 g/mol. The summed E-state index contributed by atoms with van der Waals surface area (Å²) in [6.45, 7) is 6.46. The van der Waals surface area contributed by atoms with Crippen LogP contribution in [0.2, 0.25) is 0 Å². The third-order valence-corrected chi connectivity index (χ3v) is 2.92. The minimum atomic E-state index is 0.131. The van der Waals surface area contributed by atoms with Crippen molar-refractivity contribution in [3.63, 3.8) is 0 Å². The van der Waals surface area contributed by atoms with E-state index in [0.717, 1.165) is 12.3 Å². The van der Waals surface area contributed by atoms with Crippen molar-refractivity contribution < 1.29 is 14.6 Å². The molecule has 0 bridgehead atoms. The van der Waals surface area contributed by atoms with Crippen LogP contribution in [0.1, 0.15) is 13.8 Å². The second-order valence-electron chi connectivity index (χ2n) is 4.59. The van der Waals surface area contributed by atoms with Crippen molar-refractivity contribution in [2.45, 2.75) is 26.0 Å². The Morgan fingerprint density at radius 3 is 2.71 bits per heavy atom. The van der Waals surface area contributed by atoms with Gasteiger partial charge in [-0.2, -0.15) is 0 Å². The molecule has 1 heterocycles. The van der Waals surface area contributed by atoms with Gasteiger partial charge in [0.2, 0.25) is 0 Å². The molecule has 0 amide bonds. The van der Waals surface area contributed by atoms with Crippen LogP contribution < -0.4 is 4.74 Å². The van der Waals surface area contributed by atoms with Crippen molar-refractivity contribution in [3.8, 4) is 11.5 Å². The highest BCUT2D eigenvalue weighted by molar-refractivity contribution is 5.30. The lowest BCUT2D eigenvalue weighted by Crippen LogP contribution is -2.30. The fourth-order valence-corrected chi connectivity index (χ4v) is 1.76. The molecular formula is C13H19NO3. The van der Waals surface area contributed by atoms with E-state index in [1.165, 1.54) is 0 Å². The van der Waals surface area contributed by atoms with Crippen molar-refractivity contribution in [3.05, 3.63) is 24.3 Å². The maximum atomic E-state index is 9.15. The van der Waals surface area contributed by atoms with Crippen LogP contribution in [0, 0.1) is 0 Å². The van der Waals surface area contributed by atoms with E-state index in [1.54, 1.807) is 24.3 Å².